The number of carbonyl (C=O) groups is 1. The van der Waals surface area contributed by atoms with E-state index in [1.165, 1.54) is 5.57 Å². The summed E-state index contributed by atoms with van der Waals surface area (Å²) in [4.78, 5) is 14.5. The van der Waals surface area contributed by atoms with Gasteiger partial charge in [-0.1, -0.05) is 29.8 Å². The lowest BCUT2D eigenvalue weighted by molar-refractivity contribution is -0.139. The number of aliphatic carboxylic acids is 1. The molecule has 1 unspecified atom stereocenters. The van der Waals surface area contributed by atoms with Crippen molar-refractivity contribution in [3.05, 3.63) is 47.7 Å². The fourth-order valence-corrected chi connectivity index (χ4v) is 2.17. The van der Waals surface area contributed by atoms with Gasteiger partial charge in [0.15, 0.2) is 0 Å². The first-order valence-corrected chi connectivity index (χ1v) is 6.72. The Morgan fingerprint density at radius 3 is 2.85 bits per heavy atom. The van der Waals surface area contributed by atoms with E-state index >= 15 is 0 Å². The van der Waals surface area contributed by atoms with E-state index < -0.39 is 12.0 Å². The van der Waals surface area contributed by atoms with E-state index in [9.17, 15) is 9.90 Å². The number of rotatable bonds is 6. The van der Waals surface area contributed by atoms with Crippen LogP contribution in [0.25, 0.3) is 10.9 Å². The number of aromatic nitrogens is 1. The zero-order valence-electron chi connectivity index (χ0n) is 11.8. The molecule has 0 aliphatic rings. The van der Waals surface area contributed by atoms with Gasteiger partial charge in [0.1, 0.15) is 6.04 Å². The number of carboxylic acid groups (broad SMARTS) is 1. The highest BCUT2D eigenvalue weighted by atomic mass is 16.4. The van der Waals surface area contributed by atoms with Gasteiger partial charge in [0, 0.05) is 30.1 Å². The molecule has 0 saturated carbocycles. The van der Waals surface area contributed by atoms with Gasteiger partial charge in [-0.3, -0.25) is 4.79 Å². The molecule has 4 heteroatoms. The second-order valence-electron chi connectivity index (χ2n) is 5.14. The Labute approximate surface area is 118 Å². The van der Waals surface area contributed by atoms with Crippen molar-refractivity contribution in [3.8, 4) is 0 Å². The van der Waals surface area contributed by atoms with Gasteiger partial charge in [-0.05, 0) is 25.5 Å². The van der Waals surface area contributed by atoms with Gasteiger partial charge >= 0.3 is 5.97 Å². The molecule has 1 aromatic heterocycles. The Morgan fingerprint density at radius 1 is 1.40 bits per heavy atom. The van der Waals surface area contributed by atoms with Crippen LogP contribution in [0.3, 0.4) is 0 Å². The Bertz CT molecular complexity index is 624. The third kappa shape index (κ3) is 3.48. The third-order valence-electron chi connectivity index (χ3n) is 3.27. The topological polar surface area (TPSA) is 65.1 Å². The van der Waals surface area contributed by atoms with Crippen molar-refractivity contribution < 1.29 is 9.90 Å². The van der Waals surface area contributed by atoms with Crippen molar-refractivity contribution >= 4 is 16.9 Å². The minimum absolute atomic E-state index is 0.468. The number of nitrogens with one attached hydrogen (secondary N) is 2. The lowest BCUT2D eigenvalue weighted by Gasteiger charge is -2.13. The predicted octanol–water partition coefficient (Wildman–Crippen LogP) is 2.72. The zero-order chi connectivity index (χ0) is 14.5. The maximum Gasteiger partial charge on any atom is 0.321 e. The SMILES string of the molecule is CC(C)=CCNC(Cc1c[nH]c2ccccc12)C(=O)O. The van der Waals surface area contributed by atoms with Crippen LogP contribution in [-0.4, -0.2) is 28.6 Å². The van der Waals surface area contributed by atoms with Crippen LogP contribution in [0.5, 0.6) is 0 Å². The fraction of sp³-hybridized carbons (Fsp3) is 0.312. The minimum Gasteiger partial charge on any atom is -0.480 e. The molecule has 1 heterocycles. The standard InChI is InChI=1S/C16H20N2O2/c1-11(2)7-8-17-15(16(19)20)9-12-10-18-14-6-4-3-5-13(12)14/h3-7,10,15,17-18H,8-9H2,1-2H3,(H,19,20). The molecule has 2 aromatic rings. The molecule has 0 aliphatic carbocycles. The molecule has 0 spiro atoms. The van der Waals surface area contributed by atoms with Gasteiger partial charge in [0.25, 0.3) is 0 Å². The van der Waals surface area contributed by atoms with Gasteiger partial charge in [-0.15, -0.1) is 0 Å². The molecule has 106 valence electrons. The van der Waals surface area contributed by atoms with Gasteiger partial charge < -0.3 is 15.4 Å². The molecule has 4 nitrogen and oxygen atoms in total. The van der Waals surface area contributed by atoms with Crippen LogP contribution in [-0.2, 0) is 11.2 Å². The highest BCUT2D eigenvalue weighted by Crippen LogP contribution is 2.19. The Morgan fingerprint density at radius 2 is 2.15 bits per heavy atom. The largest absolute Gasteiger partial charge is 0.480 e. The predicted molar refractivity (Wildman–Crippen MR) is 80.9 cm³/mol. The second kappa shape index (κ2) is 6.39. The number of para-hydroxylation sites is 1. The van der Waals surface area contributed by atoms with Crippen molar-refractivity contribution in [2.45, 2.75) is 26.3 Å². The molecule has 0 bridgehead atoms. The first kappa shape index (κ1) is 14.3. The molecule has 2 rings (SSSR count). The number of H-pyrrole nitrogens is 1. The van der Waals surface area contributed by atoms with Gasteiger partial charge in [0.05, 0.1) is 0 Å². The summed E-state index contributed by atoms with van der Waals surface area (Å²) in [6, 6.07) is 7.35. The lowest BCUT2D eigenvalue weighted by atomic mass is 10.0. The van der Waals surface area contributed by atoms with Crippen molar-refractivity contribution in [3.63, 3.8) is 0 Å². The maximum atomic E-state index is 11.3. The number of fused-ring (bicyclic) bond motifs is 1. The van der Waals surface area contributed by atoms with Crippen molar-refractivity contribution in [1.82, 2.24) is 10.3 Å². The summed E-state index contributed by atoms with van der Waals surface area (Å²) in [6.45, 7) is 4.57. The molecule has 3 N–H and O–H groups in total. The second-order valence-corrected chi connectivity index (χ2v) is 5.14. The van der Waals surface area contributed by atoms with E-state index in [0.29, 0.717) is 13.0 Å². The molecule has 0 saturated heterocycles. The fourth-order valence-electron chi connectivity index (χ4n) is 2.17. The van der Waals surface area contributed by atoms with E-state index in [-0.39, 0.29) is 0 Å². The smallest absolute Gasteiger partial charge is 0.321 e. The van der Waals surface area contributed by atoms with Gasteiger partial charge in [0.2, 0.25) is 0 Å². The van der Waals surface area contributed by atoms with Crippen LogP contribution in [0.1, 0.15) is 19.4 Å². The molecule has 0 fully saturated rings. The average Bonchev–Trinajstić information content (AvgIpc) is 2.80. The maximum absolute atomic E-state index is 11.3. The minimum atomic E-state index is -0.822. The summed E-state index contributed by atoms with van der Waals surface area (Å²) in [5.41, 5.74) is 3.24. The number of aromatic amines is 1. The van der Waals surface area contributed by atoms with Crippen molar-refractivity contribution in [2.24, 2.45) is 0 Å². The summed E-state index contributed by atoms with van der Waals surface area (Å²) in [5.74, 6) is -0.822. The lowest BCUT2D eigenvalue weighted by Crippen LogP contribution is -2.38. The Hall–Kier alpha value is -2.07. The third-order valence-corrected chi connectivity index (χ3v) is 3.27. The van der Waals surface area contributed by atoms with E-state index in [2.05, 4.69) is 10.3 Å². The molecule has 0 amide bonds. The first-order valence-electron chi connectivity index (χ1n) is 6.72. The molecule has 20 heavy (non-hydrogen) atoms. The van der Waals surface area contributed by atoms with Crippen molar-refractivity contribution in [2.75, 3.05) is 6.54 Å². The Balaban J connectivity index is 2.11. The zero-order valence-corrected chi connectivity index (χ0v) is 11.8. The summed E-state index contributed by atoms with van der Waals surface area (Å²) in [6.07, 6.45) is 4.35. The molecular formula is C16H20N2O2. The number of allylic oxidation sites excluding steroid dienone is 1. The van der Waals surface area contributed by atoms with Gasteiger partial charge in [-0.25, -0.2) is 0 Å². The monoisotopic (exact) mass is 272 g/mol. The molecule has 1 atom stereocenters. The number of carboxylic acids is 1. The summed E-state index contributed by atoms with van der Waals surface area (Å²) in [7, 11) is 0. The van der Waals surface area contributed by atoms with Crippen LogP contribution < -0.4 is 5.32 Å². The summed E-state index contributed by atoms with van der Waals surface area (Å²) < 4.78 is 0. The number of benzene rings is 1. The normalized spacial score (nSPS) is 12.3. The summed E-state index contributed by atoms with van der Waals surface area (Å²) >= 11 is 0. The molecular weight excluding hydrogens is 252 g/mol. The van der Waals surface area contributed by atoms with E-state index in [4.69, 9.17) is 0 Å². The number of hydrogen-bond acceptors (Lipinski definition) is 2. The van der Waals surface area contributed by atoms with Crippen LogP contribution >= 0.6 is 0 Å². The van der Waals surface area contributed by atoms with Crippen molar-refractivity contribution in [1.29, 1.82) is 0 Å². The van der Waals surface area contributed by atoms with Crippen LogP contribution in [0.15, 0.2) is 42.1 Å². The quantitative estimate of drug-likeness (QED) is 0.708. The molecule has 1 aromatic carbocycles. The number of hydrogen-bond donors (Lipinski definition) is 3. The van der Waals surface area contributed by atoms with Crippen LogP contribution in [0, 0.1) is 0 Å². The van der Waals surface area contributed by atoms with E-state index in [0.717, 1.165) is 16.5 Å². The van der Waals surface area contributed by atoms with Gasteiger partial charge in [-0.2, -0.15) is 0 Å². The molecule has 0 radical (unpaired) electrons. The summed E-state index contributed by atoms with van der Waals surface area (Å²) in [5, 5.41) is 13.5. The Kier molecular flexibility index (Phi) is 4.58. The highest BCUT2D eigenvalue weighted by Gasteiger charge is 2.18. The van der Waals surface area contributed by atoms with E-state index in [1.807, 2.05) is 50.4 Å². The van der Waals surface area contributed by atoms with Crippen LogP contribution in [0.2, 0.25) is 0 Å². The van der Waals surface area contributed by atoms with E-state index in [1.54, 1.807) is 0 Å². The average molecular weight is 272 g/mol. The first-order chi connectivity index (χ1) is 9.58. The molecule has 0 aliphatic heterocycles. The highest BCUT2D eigenvalue weighted by molar-refractivity contribution is 5.84. The van der Waals surface area contributed by atoms with Crippen LogP contribution in [0.4, 0.5) is 0 Å².